The lowest BCUT2D eigenvalue weighted by Crippen LogP contribution is -2.49. The zero-order valence-corrected chi connectivity index (χ0v) is 30.5. The summed E-state index contributed by atoms with van der Waals surface area (Å²) in [5.74, 6) is -1.06. The maximum Gasteiger partial charge on any atom is 0.248 e. The fraction of sp³-hybridized carbons (Fsp3) is 0.538. The highest BCUT2D eigenvalue weighted by Crippen LogP contribution is 2.50. The molecule has 2 aromatic heterocycles. The number of nitrogens with one attached hydrogen (secondary N) is 2. The van der Waals surface area contributed by atoms with E-state index in [1.54, 1.807) is 7.11 Å². The van der Waals surface area contributed by atoms with E-state index in [-0.39, 0.29) is 48.4 Å². The Labute approximate surface area is 303 Å². The molecule has 4 aliphatic heterocycles. The summed E-state index contributed by atoms with van der Waals surface area (Å²) < 4.78 is 51.9. The van der Waals surface area contributed by atoms with Gasteiger partial charge in [0.25, 0.3) is 0 Å². The van der Waals surface area contributed by atoms with Gasteiger partial charge in [-0.25, -0.2) is 13.8 Å². The molecule has 2 saturated heterocycles. The molecule has 3 fully saturated rings. The summed E-state index contributed by atoms with van der Waals surface area (Å²) in [6, 6.07) is 8.26. The summed E-state index contributed by atoms with van der Waals surface area (Å²) in [5, 5.41) is 6.96. The Morgan fingerprint density at radius 2 is 1.88 bits per heavy atom. The molecular weight excluding hydrogens is 671 g/mol. The second-order valence-electron chi connectivity index (χ2n) is 14.7. The van der Waals surface area contributed by atoms with Crippen LogP contribution < -0.4 is 30.6 Å². The van der Waals surface area contributed by atoms with E-state index in [1.165, 1.54) is 0 Å². The smallest absolute Gasteiger partial charge is 0.248 e. The van der Waals surface area contributed by atoms with Crippen molar-refractivity contribution in [1.29, 1.82) is 0 Å². The van der Waals surface area contributed by atoms with Crippen LogP contribution in [0.15, 0.2) is 65.4 Å². The molecule has 0 amide bonds. The molecule has 5 atom stereocenters. The summed E-state index contributed by atoms with van der Waals surface area (Å²) in [7, 11) is 4.06. The number of anilines is 3. The minimum Gasteiger partial charge on any atom is -0.487 e. The SMILES string of the molecule is CF.CNc1ccc(N2CCCC(N(CC3=CC(OC)NC=C3)Cc3cn4c5c(c(N6CC7CC(F)(F)CC7C6)ccc5c3=O)OCC4C)C2)cn1. The average Bonchev–Trinajstić information content (AvgIpc) is 3.68. The topological polar surface area (TPSA) is 87.1 Å². The highest BCUT2D eigenvalue weighted by molar-refractivity contribution is 5.92. The van der Waals surface area contributed by atoms with Gasteiger partial charge in [-0.05, 0) is 79.8 Å². The molecule has 0 radical (unpaired) electrons. The van der Waals surface area contributed by atoms with Crippen LogP contribution in [0.4, 0.5) is 30.4 Å². The van der Waals surface area contributed by atoms with Gasteiger partial charge in [0.05, 0.1) is 36.3 Å². The van der Waals surface area contributed by atoms with Crippen LogP contribution in [0, 0.1) is 11.8 Å². The second-order valence-corrected chi connectivity index (χ2v) is 14.7. The number of hydrogen-bond donors (Lipinski definition) is 2. The molecular formula is C39H50F3N7O3. The summed E-state index contributed by atoms with van der Waals surface area (Å²) in [5.41, 5.74) is 4.70. The van der Waals surface area contributed by atoms with E-state index in [9.17, 15) is 18.0 Å². The van der Waals surface area contributed by atoms with Crippen LogP contribution in [0.2, 0.25) is 0 Å². The van der Waals surface area contributed by atoms with Gasteiger partial charge < -0.3 is 34.5 Å². The van der Waals surface area contributed by atoms with Gasteiger partial charge in [-0.15, -0.1) is 0 Å². The number of halogens is 3. The van der Waals surface area contributed by atoms with Crippen molar-refractivity contribution in [3.05, 3.63) is 76.4 Å². The van der Waals surface area contributed by atoms with E-state index < -0.39 is 5.92 Å². The average molecular weight is 722 g/mol. The van der Waals surface area contributed by atoms with Crippen molar-refractivity contribution in [3.8, 4) is 5.75 Å². The molecule has 5 aliphatic rings. The standard InChI is InChI=1S/C38H47F2N7O3.CH3F/c1-24-23-50-37-32(46-18-26-14-38(39,40)15-27(26)19-46)8-7-31-35(37)47(24)21-28(36(31)48)20-45(17-25-10-11-42-34(13-25)49-3)30-5-4-12-44(22-30)29-6-9-33(41-2)43-16-29;1-2/h6-11,13,16,21,24,26-27,30,34,42H,4-5,12,14-15,17-20,22-23H2,1-3H3,(H,41,43);1H3. The summed E-state index contributed by atoms with van der Waals surface area (Å²) in [4.78, 5) is 26.0. The number of benzene rings is 1. The highest BCUT2D eigenvalue weighted by atomic mass is 19.3. The zero-order chi connectivity index (χ0) is 36.6. The predicted octanol–water partition coefficient (Wildman–Crippen LogP) is 5.95. The van der Waals surface area contributed by atoms with Gasteiger partial charge in [0, 0.05) is 89.5 Å². The lowest BCUT2D eigenvalue weighted by atomic mass is 10.0. The van der Waals surface area contributed by atoms with Crippen LogP contribution in [-0.4, -0.2) is 93.3 Å². The molecule has 5 unspecified atom stereocenters. The molecule has 10 nitrogen and oxygen atoms in total. The minimum absolute atomic E-state index is 0.00815. The molecule has 280 valence electrons. The molecule has 3 aromatic rings. The fourth-order valence-electron chi connectivity index (χ4n) is 8.81. The van der Waals surface area contributed by atoms with Crippen LogP contribution in [0.25, 0.3) is 10.9 Å². The van der Waals surface area contributed by atoms with Crippen LogP contribution >= 0.6 is 0 Å². The lowest BCUT2D eigenvalue weighted by Gasteiger charge is -2.41. The molecule has 52 heavy (non-hydrogen) atoms. The lowest BCUT2D eigenvalue weighted by molar-refractivity contribution is 0.00173. The van der Waals surface area contributed by atoms with Gasteiger partial charge in [-0.2, -0.15) is 0 Å². The maximum absolute atomic E-state index is 14.4. The van der Waals surface area contributed by atoms with Crippen molar-refractivity contribution in [2.24, 2.45) is 11.8 Å². The number of pyridine rings is 2. The highest BCUT2D eigenvalue weighted by Gasteiger charge is 2.50. The van der Waals surface area contributed by atoms with E-state index in [1.807, 2.05) is 43.8 Å². The molecule has 1 saturated carbocycles. The Kier molecular flexibility index (Phi) is 10.4. The Morgan fingerprint density at radius 1 is 1.10 bits per heavy atom. The van der Waals surface area contributed by atoms with Gasteiger partial charge in [-0.1, -0.05) is 0 Å². The number of ether oxygens (including phenoxy) is 2. The Balaban J connectivity index is 0.00000207. The van der Waals surface area contributed by atoms with Crippen molar-refractivity contribution in [3.63, 3.8) is 0 Å². The van der Waals surface area contributed by atoms with Crippen molar-refractivity contribution in [1.82, 2.24) is 19.8 Å². The van der Waals surface area contributed by atoms with E-state index in [0.29, 0.717) is 51.1 Å². The second kappa shape index (κ2) is 15.0. The number of methoxy groups -OCH3 is 1. The largest absolute Gasteiger partial charge is 0.487 e. The zero-order valence-electron chi connectivity index (χ0n) is 30.5. The number of rotatable bonds is 9. The first-order valence-electron chi connectivity index (χ1n) is 18.3. The summed E-state index contributed by atoms with van der Waals surface area (Å²) >= 11 is 0. The van der Waals surface area contributed by atoms with Gasteiger partial charge in [0.1, 0.15) is 18.7 Å². The van der Waals surface area contributed by atoms with E-state index in [0.717, 1.165) is 59.8 Å². The van der Waals surface area contributed by atoms with Crippen molar-refractivity contribution < 1.29 is 22.6 Å². The normalized spacial score (nSPS) is 26.0. The molecule has 0 bridgehead atoms. The van der Waals surface area contributed by atoms with E-state index >= 15 is 0 Å². The Hall–Kier alpha value is -4.23. The monoisotopic (exact) mass is 721 g/mol. The maximum atomic E-state index is 14.4. The Morgan fingerprint density at radius 3 is 2.60 bits per heavy atom. The first kappa shape index (κ1) is 36.1. The number of fused-ring (bicyclic) bond motifs is 1. The van der Waals surface area contributed by atoms with E-state index in [2.05, 4.69) is 60.0 Å². The summed E-state index contributed by atoms with van der Waals surface area (Å²) in [6.07, 6.45) is 11.8. The van der Waals surface area contributed by atoms with E-state index in [4.69, 9.17) is 9.47 Å². The van der Waals surface area contributed by atoms with Crippen LogP contribution in [0.1, 0.15) is 44.2 Å². The number of alkyl halides is 3. The molecule has 13 heteroatoms. The van der Waals surface area contributed by atoms with Gasteiger partial charge in [-0.3, -0.25) is 14.1 Å². The summed E-state index contributed by atoms with van der Waals surface area (Å²) in [6.45, 7) is 6.72. The number of dihydropyridines is 1. The molecule has 8 rings (SSSR count). The third-order valence-corrected chi connectivity index (χ3v) is 11.4. The molecule has 6 heterocycles. The third-order valence-electron chi connectivity index (χ3n) is 11.4. The quantitative estimate of drug-likeness (QED) is 0.279. The van der Waals surface area contributed by atoms with Crippen LogP contribution in [0.3, 0.4) is 0 Å². The first-order chi connectivity index (χ1) is 25.2. The van der Waals surface area contributed by atoms with Gasteiger partial charge in [0.2, 0.25) is 5.92 Å². The van der Waals surface area contributed by atoms with Crippen LogP contribution in [0.5, 0.6) is 5.75 Å². The number of hydrogen-bond acceptors (Lipinski definition) is 9. The molecule has 1 aromatic carbocycles. The van der Waals surface area contributed by atoms with Crippen molar-refractivity contribution in [2.45, 2.75) is 63.4 Å². The molecule has 2 N–H and O–H groups in total. The Bertz CT molecular complexity index is 1850. The van der Waals surface area contributed by atoms with Gasteiger partial charge in [0.15, 0.2) is 11.2 Å². The third kappa shape index (κ3) is 7.09. The number of piperidine rings is 1. The van der Waals surface area contributed by atoms with Crippen molar-refractivity contribution in [2.75, 3.05) is 75.8 Å². The van der Waals surface area contributed by atoms with Crippen molar-refractivity contribution >= 4 is 28.1 Å². The fourth-order valence-corrected chi connectivity index (χ4v) is 8.81. The molecule has 1 aliphatic carbocycles. The first-order valence-corrected chi connectivity index (χ1v) is 18.3. The number of nitrogens with zero attached hydrogens (tertiary/aromatic N) is 5. The predicted molar refractivity (Wildman–Crippen MR) is 199 cm³/mol. The minimum atomic E-state index is -2.56. The van der Waals surface area contributed by atoms with Gasteiger partial charge >= 0.3 is 0 Å². The number of aromatic nitrogens is 2. The molecule has 0 spiro atoms. The van der Waals surface area contributed by atoms with Crippen LogP contribution in [-0.2, 0) is 11.3 Å².